The third-order valence-electron chi connectivity index (χ3n) is 2.58. The molecule has 0 bridgehead atoms. The van der Waals surface area contributed by atoms with Crippen molar-refractivity contribution in [2.24, 2.45) is 0 Å². The van der Waals surface area contributed by atoms with E-state index in [4.69, 9.17) is 0 Å². The summed E-state index contributed by atoms with van der Waals surface area (Å²) in [5, 5.41) is 5.84. The third kappa shape index (κ3) is 3.18. The Morgan fingerprint density at radius 2 is 2.12 bits per heavy atom. The molecule has 0 unspecified atom stereocenters. The van der Waals surface area contributed by atoms with E-state index in [9.17, 15) is 8.42 Å². The summed E-state index contributed by atoms with van der Waals surface area (Å²) in [5.74, 6) is 0. The van der Waals surface area contributed by atoms with E-state index in [1.165, 1.54) is 17.6 Å². The number of anilines is 1. The lowest BCUT2D eigenvalue weighted by Gasteiger charge is -2.22. The van der Waals surface area contributed by atoms with E-state index >= 15 is 0 Å². The fourth-order valence-electron chi connectivity index (χ4n) is 0.970. The Hall–Kier alpha value is -0.620. The highest BCUT2D eigenvalue weighted by Crippen LogP contribution is 2.19. The molecule has 92 valence electrons. The first-order chi connectivity index (χ1) is 7.26. The van der Waals surface area contributed by atoms with Gasteiger partial charge in [-0.2, -0.15) is 0 Å². The maximum Gasteiger partial charge on any atom is 0.182 e. The van der Waals surface area contributed by atoms with Crippen molar-refractivity contribution in [2.45, 2.75) is 31.9 Å². The van der Waals surface area contributed by atoms with E-state index in [0.29, 0.717) is 6.54 Å². The highest BCUT2D eigenvalue weighted by Gasteiger charge is 2.30. The first-order valence-corrected chi connectivity index (χ1v) is 7.91. The summed E-state index contributed by atoms with van der Waals surface area (Å²) in [6, 6.07) is 0. The average Bonchev–Trinajstić information content (AvgIpc) is 2.60. The van der Waals surface area contributed by atoms with Crippen molar-refractivity contribution < 1.29 is 8.42 Å². The fourth-order valence-corrected chi connectivity index (χ4v) is 2.10. The minimum atomic E-state index is -3.06. The SMILES string of the molecule is CCc1csc(NCC(C)(C)S(C)(=O)=O)n1. The number of aryl methyl sites for hydroxylation is 1. The number of thiazole rings is 1. The molecule has 0 atom stereocenters. The van der Waals surface area contributed by atoms with Crippen molar-refractivity contribution in [1.82, 2.24) is 4.98 Å². The van der Waals surface area contributed by atoms with Gasteiger partial charge in [0, 0.05) is 18.2 Å². The number of rotatable bonds is 5. The Morgan fingerprint density at radius 1 is 1.50 bits per heavy atom. The second-order valence-corrected chi connectivity index (χ2v) is 7.89. The van der Waals surface area contributed by atoms with Crippen LogP contribution in [0.2, 0.25) is 0 Å². The van der Waals surface area contributed by atoms with Gasteiger partial charge in [-0.3, -0.25) is 0 Å². The maximum atomic E-state index is 11.5. The van der Waals surface area contributed by atoms with Gasteiger partial charge in [0.15, 0.2) is 15.0 Å². The number of nitrogens with zero attached hydrogens (tertiary/aromatic N) is 1. The lowest BCUT2D eigenvalue weighted by atomic mass is 10.2. The van der Waals surface area contributed by atoms with Gasteiger partial charge >= 0.3 is 0 Å². The van der Waals surface area contributed by atoms with Crippen molar-refractivity contribution >= 4 is 26.3 Å². The van der Waals surface area contributed by atoms with Gasteiger partial charge in [0.2, 0.25) is 0 Å². The monoisotopic (exact) mass is 262 g/mol. The number of hydrogen-bond acceptors (Lipinski definition) is 5. The van der Waals surface area contributed by atoms with E-state index in [-0.39, 0.29) is 0 Å². The molecule has 0 spiro atoms. The summed E-state index contributed by atoms with van der Waals surface area (Å²) in [6.07, 6.45) is 2.15. The van der Waals surface area contributed by atoms with Gasteiger partial charge in [-0.25, -0.2) is 13.4 Å². The second-order valence-electron chi connectivity index (χ2n) is 4.38. The average molecular weight is 262 g/mol. The first-order valence-electron chi connectivity index (χ1n) is 5.14. The van der Waals surface area contributed by atoms with Crippen LogP contribution in [-0.2, 0) is 16.3 Å². The van der Waals surface area contributed by atoms with Gasteiger partial charge < -0.3 is 5.32 Å². The van der Waals surface area contributed by atoms with Crippen LogP contribution in [0.15, 0.2) is 5.38 Å². The van der Waals surface area contributed by atoms with Crippen LogP contribution in [0.25, 0.3) is 0 Å². The summed E-state index contributed by atoms with van der Waals surface area (Å²) in [6.45, 7) is 5.84. The molecule has 1 N–H and O–H groups in total. The Balaban J connectivity index is 2.64. The molecule has 0 aliphatic heterocycles. The zero-order valence-electron chi connectivity index (χ0n) is 10.1. The predicted octanol–water partition coefficient (Wildman–Crippen LogP) is 1.94. The van der Waals surface area contributed by atoms with Crippen LogP contribution in [0.5, 0.6) is 0 Å². The Morgan fingerprint density at radius 3 is 2.56 bits per heavy atom. The van der Waals surface area contributed by atoms with Gasteiger partial charge in [0.25, 0.3) is 0 Å². The molecule has 16 heavy (non-hydrogen) atoms. The van der Waals surface area contributed by atoms with E-state index in [1.54, 1.807) is 13.8 Å². The van der Waals surface area contributed by atoms with Crippen LogP contribution in [0.4, 0.5) is 5.13 Å². The first kappa shape index (κ1) is 13.4. The zero-order valence-corrected chi connectivity index (χ0v) is 11.7. The standard InChI is InChI=1S/C10H18N2O2S2/c1-5-8-6-15-9(12-8)11-7-10(2,3)16(4,13)14/h6H,5,7H2,1-4H3,(H,11,12). The van der Waals surface area contributed by atoms with E-state index < -0.39 is 14.6 Å². The number of hydrogen-bond donors (Lipinski definition) is 1. The molecular formula is C10H18N2O2S2. The van der Waals surface area contributed by atoms with Gasteiger partial charge in [0.1, 0.15) is 0 Å². The van der Waals surface area contributed by atoms with Gasteiger partial charge in [-0.05, 0) is 20.3 Å². The molecule has 0 saturated carbocycles. The summed E-state index contributed by atoms with van der Waals surface area (Å²) in [7, 11) is -3.06. The molecule has 1 rings (SSSR count). The lowest BCUT2D eigenvalue weighted by Crippen LogP contribution is -2.38. The van der Waals surface area contributed by atoms with Crippen molar-refractivity contribution in [3.05, 3.63) is 11.1 Å². The smallest absolute Gasteiger partial charge is 0.182 e. The van der Waals surface area contributed by atoms with Crippen LogP contribution < -0.4 is 5.32 Å². The molecule has 4 nitrogen and oxygen atoms in total. The van der Waals surface area contributed by atoms with Gasteiger partial charge in [-0.1, -0.05) is 6.92 Å². The van der Waals surface area contributed by atoms with Crippen LogP contribution in [0.1, 0.15) is 26.5 Å². The summed E-state index contributed by atoms with van der Waals surface area (Å²) >= 11 is 1.51. The number of nitrogens with one attached hydrogen (secondary N) is 1. The molecule has 0 radical (unpaired) electrons. The fraction of sp³-hybridized carbons (Fsp3) is 0.700. The normalized spacial score (nSPS) is 12.8. The molecule has 0 amide bonds. The quantitative estimate of drug-likeness (QED) is 0.881. The molecule has 0 fully saturated rings. The molecule has 0 aliphatic carbocycles. The highest BCUT2D eigenvalue weighted by atomic mass is 32.2. The Labute approximate surface area is 101 Å². The van der Waals surface area contributed by atoms with E-state index in [1.807, 2.05) is 12.3 Å². The van der Waals surface area contributed by atoms with Crippen LogP contribution in [0, 0.1) is 0 Å². The van der Waals surface area contributed by atoms with Crippen LogP contribution >= 0.6 is 11.3 Å². The molecule has 0 saturated heterocycles. The number of aromatic nitrogens is 1. The lowest BCUT2D eigenvalue weighted by molar-refractivity contribution is 0.560. The molecule has 6 heteroatoms. The minimum Gasteiger partial charge on any atom is -0.360 e. The minimum absolute atomic E-state index is 0.377. The Bertz CT molecular complexity index is 449. The molecule has 1 aromatic heterocycles. The largest absolute Gasteiger partial charge is 0.360 e. The molecule has 0 aromatic carbocycles. The maximum absolute atomic E-state index is 11.5. The van der Waals surface area contributed by atoms with Gasteiger partial charge in [0.05, 0.1) is 10.4 Å². The van der Waals surface area contributed by atoms with E-state index in [2.05, 4.69) is 10.3 Å². The summed E-state index contributed by atoms with van der Waals surface area (Å²) < 4.78 is 22.2. The van der Waals surface area contributed by atoms with Crippen molar-refractivity contribution in [3.63, 3.8) is 0 Å². The van der Waals surface area contributed by atoms with Crippen LogP contribution in [-0.4, -0.2) is 30.9 Å². The van der Waals surface area contributed by atoms with Crippen molar-refractivity contribution in [2.75, 3.05) is 18.1 Å². The van der Waals surface area contributed by atoms with Gasteiger partial charge in [-0.15, -0.1) is 11.3 Å². The zero-order chi connectivity index (χ0) is 12.4. The third-order valence-corrected chi connectivity index (χ3v) is 5.58. The second kappa shape index (κ2) is 4.71. The van der Waals surface area contributed by atoms with Crippen LogP contribution in [0.3, 0.4) is 0 Å². The predicted molar refractivity (Wildman–Crippen MR) is 68.9 cm³/mol. The molecule has 0 aliphatic rings. The summed E-state index contributed by atoms with van der Waals surface area (Å²) in [5.41, 5.74) is 1.03. The molecular weight excluding hydrogens is 244 g/mol. The molecule has 1 heterocycles. The highest BCUT2D eigenvalue weighted by molar-refractivity contribution is 7.92. The summed E-state index contributed by atoms with van der Waals surface area (Å²) in [4.78, 5) is 4.33. The number of sulfone groups is 1. The topological polar surface area (TPSA) is 59.1 Å². The Kier molecular flexibility index (Phi) is 3.96. The van der Waals surface area contributed by atoms with Crippen molar-refractivity contribution in [1.29, 1.82) is 0 Å². The van der Waals surface area contributed by atoms with E-state index in [0.717, 1.165) is 17.2 Å². The molecule has 1 aromatic rings. The van der Waals surface area contributed by atoms with Crippen molar-refractivity contribution in [3.8, 4) is 0 Å².